The highest BCUT2D eigenvalue weighted by atomic mass is 16.6. The van der Waals surface area contributed by atoms with Crippen molar-refractivity contribution in [3.8, 4) is 0 Å². The van der Waals surface area contributed by atoms with Crippen molar-refractivity contribution in [2.24, 2.45) is 5.92 Å². The van der Waals surface area contributed by atoms with Crippen LogP contribution in [0.1, 0.15) is 45.3 Å². The third-order valence-corrected chi connectivity index (χ3v) is 3.30. The molecule has 0 spiro atoms. The predicted molar refractivity (Wildman–Crippen MR) is 75.5 cm³/mol. The Hall–Kier alpha value is -1.52. The van der Waals surface area contributed by atoms with E-state index in [1.54, 1.807) is 11.1 Å². The maximum absolute atomic E-state index is 12.1. The number of oxazole rings is 1. The molecule has 0 aliphatic carbocycles. The Morgan fingerprint density at radius 3 is 2.90 bits per heavy atom. The van der Waals surface area contributed by atoms with E-state index in [-0.39, 0.29) is 6.09 Å². The van der Waals surface area contributed by atoms with Crippen molar-refractivity contribution in [2.45, 2.75) is 52.6 Å². The van der Waals surface area contributed by atoms with Crippen molar-refractivity contribution in [2.75, 3.05) is 13.1 Å². The Morgan fingerprint density at radius 2 is 2.30 bits per heavy atom. The molecule has 0 bridgehead atoms. The average Bonchev–Trinajstić information content (AvgIpc) is 2.73. The number of carbonyl (C=O) groups is 1. The van der Waals surface area contributed by atoms with E-state index < -0.39 is 5.60 Å². The zero-order valence-corrected chi connectivity index (χ0v) is 12.8. The Morgan fingerprint density at radius 1 is 1.55 bits per heavy atom. The average molecular weight is 280 g/mol. The minimum absolute atomic E-state index is 0.217. The molecular weight excluding hydrogens is 256 g/mol. The van der Waals surface area contributed by atoms with Crippen LogP contribution in [0.15, 0.2) is 10.6 Å². The lowest BCUT2D eigenvalue weighted by Gasteiger charge is -2.33. The summed E-state index contributed by atoms with van der Waals surface area (Å²) in [7, 11) is 0. The van der Waals surface area contributed by atoms with Crippen molar-refractivity contribution >= 4 is 6.09 Å². The van der Waals surface area contributed by atoms with Gasteiger partial charge >= 0.3 is 6.09 Å². The van der Waals surface area contributed by atoms with Gasteiger partial charge in [0.05, 0.1) is 6.20 Å². The molecule has 1 aromatic rings. The standard InChI is InChI=1S/C15H24N2O3/c1-11-9-16-13(19-11)8-12-6-5-7-17(10-12)14(18)20-15(2,3)4/h9,12H,5-8,10H2,1-4H3. The number of amides is 1. The molecule has 5 nitrogen and oxygen atoms in total. The molecule has 1 saturated heterocycles. The van der Waals surface area contributed by atoms with Gasteiger partial charge in [-0.2, -0.15) is 0 Å². The normalized spacial score (nSPS) is 20.0. The zero-order chi connectivity index (χ0) is 14.8. The first-order valence-electron chi connectivity index (χ1n) is 7.23. The van der Waals surface area contributed by atoms with Crippen LogP contribution in [0.4, 0.5) is 4.79 Å². The van der Waals surface area contributed by atoms with E-state index in [1.165, 1.54) is 0 Å². The van der Waals surface area contributed by atoms with Crippen molar-refractivity contribution in [3.63, 3.8) is 0 Å². The van der Waals surface area contributed by atoms with Gasteiger partial charge < -0.3 is 14.1 Å². The summed E-state index contributed by atoms with van der Waals surface area (Å²) < 4.78 is 10.9. The largest absolute Gasteiger partial charge is 0.446 e. The molecule has 1 aromatic heterocycles. The second-order valence-corrected chi connectivity index (χ2v) is 6.50. The van der Waals surface area contributed by atoms with E-state index in [1.807, 2.05) is 27.7 Å². The highest BCUT2D eigenvalue weighted by Gasteiger charge is 2.28. The van der Waals surface area contributed by atoms with E-state index in [9.17, 15) is 4.79 Å². The van der Waals surface area contributed by atoms with Gasteiger partial charge in [0.1, 0.15) is 11.4 Å². The minimum Gasteiger partial charge on any atom is -0.446 e. The first-order valence-corrected chi connectivity index (χ1v) is 7.23. The Bertz CT molecular complexity index is 462. The number of nitrogens with zero attached hydrogens (tertiary/aromatic N) is 2. The fourth-order valence-corrected chi connectivity index (χ4v) is 2.47. The maximum atomic E-state index is 12.1. The SMILES string of the molecule is Cc1cnc(CC2CCCN(C(=O)OC(C)(C)C)C2)o1. The molecule has 1 atom stereocenters. The van der Waals surface area contributed by atoms with Gasteiger partial charge in [-0.3, -0.25) is 0 Å². The number of hydrogen-bond acceptors (Lipinski definition) is 4. The van der Waals surface area contributed by atoms with Gasteiger partial charge in [0, 0.05) is 19.5 Å². The van der Waals surface area contributed by atoms with Crippen molar-refractivity contribution in [3.05, 3.63) is 17.8 Å². The van der Waals surface area contributed by atoms with E-state index in [0.29, 0.717) is 5.92 Å². The lowest BCUT2D eigenvalue weighted by atomic mass is 9.95. The second-order valence-electron chi connectivity index (χ2n) is 6.50. The molecule has 1 fully saturated rings. The van der Waals surface area contributed by atoms with Crippen LogP contribution < -0.4 is 0 Å². The molecule has 112 valence electrons. The summed E-state index contributed by atoms with van der Waals surface area (Å²) in [6, 6.07) is 0. The summed E-state index contributed by atoms with van der Waals surface area (Å²) >= 11 is 0. The number of aryl methyl sites for hydroxylation is 1. The van der Waals surface area contributed by atoms with Crippen molar-refractivity contribution < 1.29 is 13.9 Å². The van der Waals surface area contributed by atoms with Crippen LogP contribution in [0.5, 0.6) is 0 Å². The van der Waals surface area contributed by atoms with Crippen LogP contribution in [-0.2, 0) is 11.2 Å². The fraction of sp³-hybridized carbons (Fsp3) is 0.733. The van der Waals surface area contributed by atoms with E-state index in [0.717, 1.165) is 44.0 Å². The van der Waals surface area contributed by atoms with Gasteiger partial charge in [0.2, 0.25) is 0 Å². The van der Waals surface area contributed by atoms with Crippen LogP contribution >= 0.6 is 0 Å². The molecule has 0 radical (unpaired) electrons. The van der Waals surface area contributed by atoms with Crippen LogP contribution in [-0.4, -0.2) is 34.7 Å². The van der Waals surface area contributed by atoms with Gasteiger partial charge in [0.25, 0.3) is 0 Å². The number of carbonyl (C=O) groups excluding carboxylic acids is 1. The number of rotatable bonds is 2. The summed E-state index contributed by atoms with van der Waals surface area (Å²) in [5.74, 6) is 1.99. The van der Waals surface area contributed by atoms with E-state index in [4.69, 9.17) is 9.15 Å². The summed E-state index contributed by atoms with van der Waals surface area (Å²) in [5, 5.41) is 0. The smallest absolute Gasteiger partial charge is 0.410 e. The van der Waals surface area contributed by atoms with Gasteiger partial charge in [-0.05, 0) is 46.5 Å². The van der Waals surface area contributed by atoms with Crippen LogP contribution in [0.3, 0.4) is 0 Å². The number of aromatic nitrogens is 1. The molecule has 5 heteroatoms. The molecule has 1 unspecified atom stereocenters. The first-order chi connectivity index (χ1) is 9.33. The molecule has 1 aliphatic rings. The highest BCUT2D eigenvalue weighted by molar-refractivity contribution is 5.68. The highest BCUT2D eigenvalue weighted by Crippen LogP contribution is 2.22. The third kappa shape index (κ3) is 4.25. The van der Waals surface area contributed by atoms with Gasteiger partial charge in [-0.1, -0.05) is 0 Å². The Kier molecular flexibility index (Phi) is 4.35. The minimum atomic E-state index is -0.441. The monoisotopic (exact) mass is 280 g/mol. The van der Waals surface area contributed by atoms with Crippen molar-refractivity contribution in [1.82, 2.24) is 9.88 Å². The Balaban J connectivity index is 1.90. The molecule has 1 amide bonds. The first kappa shape index (κ1) is 14.9. The Labute approximate surface area is 120 Å². The number of ether oxygens (including phenoxy) is 1. The number of hydrogen-bond donors (Lipinski definition) is 0. The van der Waals surface area contributed by atoms with E-state index >= 15 is 0 Å². The molecule has 0 aromatic carbocycles. The third-order valence-electron chi connectivity index (χ3n) is 3.30. The molecule has 2 rings (SSSR count). The summed E-state index contributed by atoms with van der Waals surface area (Å²) in [5.41, 5.74) is -0.441. The van der Waals surface area contributed by atoms with Gasteiger partial charge in [-0.15, -0.1) is 0 Å². The van der Waals surface area contributed by atoms with Crippen molar-refractivity contribution in [1.29, 1.82) is 0 Å². The molecule has 0 N–H and O–H groups in total. The maximum Gasteiger partial charge on any atom is 0.410 e. The topological polar surface area (TPSA) is 55.6 Å². The molecule has 0 saturated carbocycles. The van der Waals surface area contributed by atoms with Crippen LogP contribution in [0.25, 0.3) is 0 Å². The van der Waals surface area contributed by atoms with Gasteiger partial charge in [-0.25, -0.2) is 9.78 Å². The summed E-state index contributed by atoms with van der Waals surface area (Å²) in [6.45, 7) is 9.06. The van der Waals surface area contributed by atoms with Crippen LogP contribution in [0.2, 0.25) is 0 Å². The second kappa shape index (κ2) is 5.85. The van der Waals surface area contributed by atoms with Gasteiger partial charge in [0.15, 0.2) is 5.89 Å². The predicted octanol–water partition coefficient (Wildman–Crippen LogP) is 3.17. The summed E-state index contributed by atoms with van der Waals surface area (Å²) in [6.07, 6.45) is 4.41. The molecule has 1 aliphatic heterocycles. The quantitative estimate of drug-likeness (QED) is 0.835. The number of likely N-dealkylation sites (tertiary alicyclic amines) is 1. The molecular formula is C15H24N2O3. The van der Waals surface area contributed by atoms with Crippen LogP contribution in [0, 0.1) is 12.8 Å². The molecule has 20 heavy (non-hydrogen) atoms. The molecule has 2 heterocycles. The lowest BCUT2D eigenvalue weighted by molar-refractivity contribution is 0.0163. The van der Waals surface area contributed by atoms with E-state index in [2.05, 4.69) is 4.98 Å². The number of piperidine rings is 1. The zero-order valence-electron chi connectivity index (χ0n) is 12.8. The summed E-state index contributed by atoms with van der Waals surface area (Å²) in [4.78, 5) is 18.1. The lowest BCUT2D eigenvalue weighted by Crippen LogP contribution is -2.43. The fourth-order valence-electron chi connectivity index (χ4n) is 2.47.